The number of benzene rings is 1. The summed E-state index contributed by atoms with van der Waals surface area (Å²) in [5, 5.41) is 14.8. The van der Waals surface area contributed by atoms with Gasteiger partial charge in [0.05, 0.1) is 11.8 Å². The second-order valence-corrected chi connectivity index (χ2v) is 8.44. The Bertz CT molecular complexity index is 660. The summed E-state index contributed by atoms with van der Waals surface area (Å²) in [5.74, 6) is 0.287. The molecule has 0 bridgehead atoms. The molecule has 0 saturated carbocycles. The van der Waals surface area contributed by atoms with E-state index in [2.05, 4.69) is 13.8 Å². The summed E-state index contributed by atoms with van der Waals surface area (Å²) in [6.45, 7) is 5.79. The third kappa shape index (κ3) is 6.78. The van der Waals surface area contributed by atoms with Gasteiger partial charge in [0.2, 0.25) is 10.0 Å². The summed E-state index contributed by atoms with van der Waals surface area (Å²) >= 11 is 0. The number of unbranched alkanes of at least 4 members (excludes halogenated alkanes) is 4. The fourth-order valence-corrected chi connectivity index (χ4v) is 3.79. The van der Waals surface area contributed by atoms with Gasteiger partial charge in [-0.25, -0.2) is 13.6 Å². The molecule has 2 atom stereocenters. The van der Waals surface area contributed by atoms with Crippen LogP contribution in [0.3, 0.4) is 0 Å². The molecule has 1 aromatic rings. The highest BCUT2D eigenvalue weighted by molar-refractivity contribution is 7.89. The number of nitrogens with two attached hydrogens (primary N) is 2. The Morgan fingerprint density at radius 2 is 1.81 bits per heavy atom. The Balaban J connectivity index is 3.08. The van der Waals surface area contributed by atoms with Crippen molar-refractivity contribution in [2.45, 2.75) is 82.6 Å². The fourth-order valence-electron chi connectivity index (χ4n) is 3.10. The molecule has 0 saturated heterocycles. The Morgan fingerprint density at radius 1 is 1.15 bits per heavy atom. The summed E-state index contributed by atoms with van der Waals surface area (Å²) in [5.41, 5.74) is 7.46. The Labute approximate surface area is 158 Å². The maximum absolute atomic E-state index is 11.9. The highest BCUT2D eigenvalue weighted by Crippen LogP contribution is 2.39. The summed E-state index contributed by atoms with van der Waals surface area (Å²) in [6, 6.07) is 3.20. The van der Waals surface area contributed by atoms with Crippen LogP contribution in [0.1, 0.15) is 77.2 Å². The average molecular weight is 387 g/mol. The predicted octanol–water partition coefficient (Wildman–Crippen LogP) is 3.53. The van der Waals surface area contributed by atoms with E-state index in [1.165, 1.54) is 31.7 Å². The maximum atomic E-state index is 11.9. The predicted molar refractivity (Wildman–Crippen MR) is 106 cm³/mol. The lowest BCUT2D eigenvalue weighted by atomic mass is 9.89. The molecule has 0 heterocycles. The van der Waals surface area contributed by atoms with Gasteiger partial charge in [-0.2, -0.15) is 0 Å². The van der Waals surface area contributed by atoms with Gasteiger partial charge in [-0.3, -0.25) is 0 Å². The number of anilines is 1. The van der Waals surface area contributed by atoms with Crippen molar-refractivity contribution in [2.75, 3.05) is 12.3 Å². The van der Waals surface area contributed by atoms with Crippen LogP contribution in [0.5, 0.6) is 5.75 Å². The van der Waals surface area contributed by atoms with E-state index in [-0.39, 0.29) is 23.2 Å². The minimum absolute atomic E-state index is 0.0512. The second kappa shape index (κ2) is 10.7. The normalized spacial score (nSPS) is 14.2. The molecule has 0 aromatic heterocycles. The molecule has 26 heavy (non-hydrogen) atoms. The van der Waals surface area contributed by atoms with E-state index in [0.29, 0.717) is 5.69 Å². The van der Waals surface area contributed by atoms with Gasteiger partial charge in [0.25, 0.3) is 0 Å². The standard InChI is InChI=1S/C19H34N2O4S/c1-4-6-7-8-9-10-15(5-2)16-11-12-17(26(21,23)24)19(18(16)20)25-13-14(3)22/h11-12,14-15,22H,4-10,13,20H2,1-3H3,(H2,21,23,24). The van der Waals surface area contributed by atoms with Gasteiger partial charge in [-0.1, -0.05) is 52.0 Å². The first-order valence-electron chi connectivity index (χ1n) is 9.48. The minimum atomic E-state index is -3.97. The topological polar surface area (TPSA) is 116 Å². The number of rotatable bonds is 12. The van der Waals surface area contributed by atoms with Gasteiger partial charge in [-0.05, 0) is 37.3 Å². The summed E-state index contributed by atoms with van der Waals surface area (Å²) in [6.07, 6.45) is 7.14. The van der Waals surface area contributed by atoms with Gasteiger partial charge in [0, 0.05) is 0 Å². The van der Waals surface area contributed by atoms with Gasteiger partial charge in [0.1, 0.15) is 11.5 Å². The first-order chi connectivity index (χ1) is 12.2. The van der Waals surface area contributed by atoms with Crippen LogP contribution in [0.4, 0.5) is 5.69 Å². The third-order valence-electron chi connectivity index (χ3n) is 4.56. The molecule has 0 fully saturated rings. The zero-order valence-corrected chi connectivity index (χ0v) is 17.0. The van der Waals surface area contributed by atoms with Crippen molar-refractivity contribution in [1.82, 2.24) is 0 Å². The molecule has 7 heteroatoms. The summed E-state index contributed by atoms with van der Waals surface area (Å²) in [4.78, 5) is -0.141. The van der Waals surface area contributed by atoms with Crippen LogP contribution in [0.15, 0.2) is 17.0 Å². The Morgan fingerprint density at radius 3 is 2.35 bits per heavy atom. The molecule has 0 spiro atoms. The molecular weight excluding hydrogens is 352 g/mol. The Kier molecular flexibility index (Phi) is 9.39. The van der Waals surface area contributed by atoms with E-state index in [1.54, 1.807) is 13.0 Å². The van der Waals surface area contributed by atoms with Crippen LogP contribution < -0.4 is 15.6 Å². The van der Waals surface area contributed by atoms with E-state index in [9.17, 15) is 13.5 Å². The number of primary sulfonamides is 1. The van der Waals surface area contributed by atoms with Crippen molar-refractivity contribution in [3.63, 3.8) is 0 Å². The molecule has 6 nitrogen and oxygen atoms in total. The fraction of sp³-hybridized carbons (Fsp3) is 0.684. The molecule has 1 aromatic carbocycles. The van der Waals surface area contributed by atoms with Crippen molar-refractivity contribution in [1.29, 1.82) is 0 Å². The molecule has 0 aliphatic rings. The molecule has 0 radical (unpaired) electrons. The monoisotopic (exact) mass is 386 g/mol. The first-order valence-corrected chi connectivity index (χ1v) is 11.0. The SMILES string of the molecule is CCCCCCCC(CC)c1ccc(S(N)(=O)=O)c(OCC(C)O)c1N. The quantitative estimate of drug-likeness (QED) is 0.375. The lowest BCUT2D eigenvalue weighted by molar-refractivity contribution is 0.121. The van der Waals surface area contributed by atoms with Crippen LogP contribution in [-0.2, 0) is 10.0 Å². The van der Waals surface area contributed by atoms with Crippen molar-refractivity contribution in [2.24, 2.45) is 5.14 Å². The summed E-state index contributed by atoms with van der Waals surface area (Å²) < 4.78 is 29.2. The largest absolute Gasteiger partial charge is 0.487 e. The van der Waals surface area contributed by atoms with Crippen molar-refractivity contribution in [3.05, 3.63) is 17.7 Å². The number of ether oxygens (including phenoxy) is 1. The van der Waals surface area contributed by atoms with E-state index in [1.807, 2.05) is 0 Å². The molecular formula is C19H34N2O4S. The molecule has 1 rings (SSSR count). The number of hydrogen-bond donors (Lipinski definition) is 3. The highest BCUT2D eigenvalue weighted by Gasteiger charge is 2.23. The van der Waals surface area contributed by atoms with Gasteiger partial charge in [-0.15, -0.1) is 0 Å². The number of sulfonamides is 1. The van der Waals surface area contributed by atoms with Crippen molar-refractivity contribution >= 4 is 15.7 Å². The molecule has 2 unspecified atom stereocenters. The lowest BCUT2D eigenvalue weighted by Gasteiger charge is -2.21. The number of aliphatic hydroxyl groups excluding tert-OH is 1. The molecule has 5 N–H and O–H groups in total. The van der Waals surface area contributed by atoms with Crippen molar-refractivity contribution in [3.8, 4) is 5.75 Å². The van der Waals surface area contributed by atoms with Crippen LogP contribution in [0.25, 0.3) is 0 Å². The second-order valence-electron chi connectivity index (χ2n) is 6.91. The van der Waals surface area contributed by atoms with Crippen LogP contribution in [0, 0.1) is 0 Å². The van der Waals surface area contributed by atoms with Gasteiger partial charge < -0.3 is 15.6 Å². The van der Waals surface area contributed by atoms with Crippen LogP contribution in [0.2, 0.25) is 0 Å². The summed E-state index contributed by atoms with van der Waals surface area (Å²) in [7, 11) is -3.97. The lowest BCUT2D eigenvalue weighted by Crippen LogP contribution is -2.19. The molecule has 0 aliphatic heterocycles. The van der Waals surface area contributed by atoms with Crippen LogP contribution >= 0.6 is 0 Å². The zero-order valence-electron chi connectivity index (χ0n) is 16.2. The maximum Gasteiger partial charge on any atom is 0.241 e. The number of nitrogen functional groups attached to an aromatic ring is 1. The Hall–Kier alpha value is -1.31. The van der Waals surface area contributed by atoms with E-state index >= 15 is 0 Å². The average Bonchev–Trinajstić information content (AvgIpc) is 2.56. The minimum Gasteiger partial charge on any atom is -0.487 e. The smallest absolute Gasteiger partial charge is 0.241 e. The highest BCUT2D eigenvalue weighted by atomic mass is 32.2. The zero-order chi connectivity index (χ0) is 19.7. The number of hydrogen-bond acceptors (Lipinski definition) is 5. The first kappa shape index (κ1) is 22.7. The third-order valence-corrected chi connectivity index (χ3v) is 5.49. The van der Waals surface area contributed by atoms with Gasteiger partial charge >= 0.3 is 0 Å². The van der Waals surface area contributed by atoms with Gasteiger partial charge in [0.15, 0.2) is 5.75 Å². The van der Waals surface area contributed by atoms with E-state index in [0.717, 1.165) is 24.8 Å². The van der Waals surface area contributed by atoms with Crippen molar-refractivity contribution < 1.29 is 18.3 Å². The molecule has 0 amide bonds. The van der Waals surface area contributed by atoms with Crippen LogP contribution in [-0.4, -0.2) is 26.2 Å². The molecule has 150 valence electrons. The number of aliphatic hydroxyl groups is 1. The molecule has 0 aliphatic carbocycles. The van der Waals surface area contributed by atoms with E-state index < -0.39 is 16.1 Å². The van der Waals surface area contributed by atoms with E-state index in [4.69, 9.17) is 15.6 Å².